The number of hydrogen-bond acceptors (Lipinski definition) is 3. The SMILES string of the molecule is NC(=O)Nc1ccc(NC(=O)C2CCN(C(=O)c3ccc(C(F)(F)F)cc3)CC2)cc1. The Hall–Kier alpha value is -3.56. The van der Waals surface area contributed by atoms with E-state index in [1.165, 1.54) is 17.0 Å². The molecule has 4 amide bonds. The lowest BCUT2D eigenvalue weighted by molar-refractivity contribution is -0.137. The molecule has 0 atom stereocenters. The van der Waals surface area contributed by atoms with Crippen molar-refractivity contribution in [2.45, 2.75) is 19.0 Å². The van der Waals surface area contributed by atoms with Crippen molar-refractivity contribution < 1.29 is 27.6 Å². The maximum atomic E-state index is 12.7. The molecule has 1 aliphatic rings. The molecule has 0 spiro atoms. The number of hydrogen-bond donors (Lipinski definition) is 3. The first-order valence-electron chi connectivity index (χ1n) is 9.57. The fraction of sp³-hybridized carbons (Fsp3) is 0.286. The van der Waals surface area contributed by atoms with Gasteiger partial charge in [0.25, 0.3) is 5.91 Å². The first-order chi connectivity index (χ1) is 14.6. The quantitative estimate of drug-likeness (QED) is 0.684. The van der Waals surface area contributed by atoms with Gasteiger partial charge in [0, 0.05) is 35.9 Å². The third-order valence-electron chi connectivity index (χ3n) is 5.03. The van der Waals surface area contributed by atoms with Gasteiger partial charge in [-0.25, -0.2) is 4.79 Å². The van der Waals surface area contributed by atoms with Gasteiger partial charge in [0.2, 0.25) is 5.91 Å². The molecule has 3 rings (SSSR count). The van der Waals surface area contributed by atoms with Gasteiger partial charge in [-0.05, 0) is 61.4 Å². The molecular weight excluding hydrogens is 413 g/mol. The topological polar surface area (TPSA) is 105 Å². The van der Waals surface area contributed by atoms with Crippen LogP contribution >= 0.6 is 0 Å². The van der Waals surface area contributed by atoms with Crippen LogP contribution in [0, 0.1) is 5.92 Å². The summed E-state index contributed by atoms with van der Waals surface area (Å²) >= 11 is 0. The van der Waals surface area contributed by atoms with Gasteiger partial charge in [-0.15, -0.1) is 0 Å². The molecule has 31 heavy (non-hydrogen) atoms. The van der Waals surface area contributed by atoms with Crippen molar-refractivity contribution in [2.75, 3.05) is 23.7 Å². The number of benzene rings is 2. The number of primary amides is 1. The van der Waals surface area contributed by atoms with Crippen LogP contribution in [0.2, 0.25) is 0 Å². The van der Waals surface area contributed by atoms with E-state index in [-0.39, 0.29) is 23.3 Å². The van der Waals surface area contributed by atoms with Gasteiger partial charge in [0.05, 0.1) is 5.56 Å². The number of carbonyl (C=O) groups excluding carboxylic acids is 3. The Balaban J connectivity index is 1.52. The molecular formula is C21H21F3N4O3. The van der Waals surface area contributed by atoms with E-state index in [2.05, 4.69) is 10.6 Å². The summed E-state index contributed by atoms with van der Waals surface area (Å²) in [4.78, 5) is 37.4. The molecule has 2 aromatic rings. The highest BCUT2D eigenvalue weighted by Crippen LogP contribution is 2.29. The second-order valence-electron chi connectivity index (χ2n) is 7.20. The normalized spacial score (nSPS) is 14.7. The average Bonchev–Trinajstić information content (AvgIpc) is 2.74. The minimum atomic E-state index is -4.45. The highest BCUT2D eigenvalue weighted by atomic mass is 19.4. The molecule has 1 aliphatic heterocycles. The standard InChI is InChI=1S/C21H21F3N4O3/c22-21(23,24)15-3-1-14(2-4-15)19(30)28-11-9-13(10-12-28)18(29)26-16-5-7-17(8-6-16)27-20(25)31/h1-8,13H,9-12H2,(H,26,29)(H3,25,27,31). The Labute approximate surface area is 176 Å². The monoisotopic (exact) mass is 434 g/mol. The van der Waals surface area contributed by atoms with E-state index in [1.807, 2.05) is 0 Å². The van der Waals surface area contributed by atoms with Crippen LogP contribution in [0.25, 0.3) is 0 Å². The Morgan fingerprint density at radius 1 is 0.871 bits per heavy atom. The maximum absolute atomic E-state index is 12.7. The molecule has 7 nitrogen and oxygen atoms in total. The van der Waals surface area contributed by atoms with Gasteiger partial charge in [-0.1, -0.05) is 0 Å². The van der Waals surface area contributed by atoms with Gasteiger partial charge < -0.3 is 21.3 Å². The van der Waals surface area contributed by atoms with Crippen LogP contribution in [0.4, 0.5) is 29.3 Å². The van der Waals surface area contributed by atoms with Crippen LogP contribution in [-0.4, -0.2) is 35.8 Å². The van der Waals surface area contributed by atoms with Crippen LogP contribution < -0.4 is 16.4 Å². The van der Waals surface area contributed by atoms with Gasteiger partial charge >= 0.3 is 12.2 Å². The molecule has 0 radical (unpaired) electrons. The first-order valence-corrected chi connectivity index (χ1v) is 9.57. The summed E-state index contributed by atoms with van der Waals surface area (Å²) in [6.07, 6.45) is -3.56. The van der Waals surface area contributed by atoms with Crippen molar-refractivity contribution in [2.24, 2.45) is 11.7 Å². The van der Waals surface area contributed by atoms with Gasteiger partial charge in [0.15, 0.2) is 0 Å². The summed E-state index contributed by atoms with van der Waals surface area (Å²) in [7, 11) is 0. The van der Waals surface area contributed by atoms with Crippen LogP contribution in [0.1, 0.15) is 28.8 Å². The van der Waals surface area contributed by atoms with E-state index in [0.717, 1.165) is 12.1 Å². The zero-order valence-electron chi connectivity index (χ0n) is 16.4. The van der Waals surface area contributed by atoms with E-state index >= 15 is 0 Å². The van der Waals surface area contributed by atoms with Crippen molar-refractivity contribution in [1.82, 2.24) is 4.90 Å². The molecule has 0 saturated carbocycles. The molecule has 0 bridgehead atoms. The van der Waals surface area contributed by atoms with Crippen molar-refractivity contribution in [1.29, 1.82) is 0 Å². The van der Waals surface area contributed by atoms with E-state index < -0.39 is 17.8 Å². The number of nitrogens with one attached hydrogen (secondary N) is 2. The number of nitrogens with zero attached hydrogens (tertiary/aromatic N) is 1. The summed E-state index contributed by atoms with van der Waals surface area (Å²) in [6.45, 7) is 0.665. The summed E-state index contributed by atoms with van der Waals surface area (Å²) in [5.74, 6) is -0.831. The number of alkyl halides is 3. The summed E-state index contributed by atoms with van der Waals surface area (Å²) < 4.78 is 38.0. The summed E-state index contributed by atoms with van der Waals surface area (Å²) in [5, 5.41) is 5.22. The summed E-state index contributed by atoms with van der Waals surface area (Å²) in [6, 6.07) is 9.89. The highest BCUT2D eigenvalue weighted by Gasteiger charge is 2.31. The average molecular weight is 434 g/mol. The first kappa shape index (κ1) is 22.1. The number of likely N-dealkylation sites (tertiary alicyclic amines) is 1. The van der Waals surface area contributed by atoms with Gasteiger partial charge in [-0.3, -0.25) is 9.59 Å². The fourth-order valence-electron chi connectivity index (χ4n) is 3.35. The largest absolute Gasteiger partial charge is 0.416 e. The van der Waals surface area contributed by atoms with Crippen LogP contribution in [0.3, 0.4) is 0 Å². The van der Waals surface area contributed by atoms with E-state index in [4.69, 9.17) is 5.73 Å². The molecule has 1 saturated heterocycles. The number of piperidine rings is 1. The third-order valence-corrected chi connectivity index (χ3v) is 5.03. The minimum Gasteiger partial charge on any atom is -0.351 e. The van der Waals surface area contributed by atoms with E-state index in [1.54, 1.807) is 24.3 Å². The van der Waals surface area contributed by atoms with Crippen molar-refractivity contribution in [3.05, 3.63) is 59.7 Å². The van der Waals surface area contributed by atoms with Gasteiger partial charge in [0.1, 0.15) is 0 Å². The van der Waals surface area contributed by atoms with Crippen molar-refractivity contribution >= 4 is 29.2 Å². The Bertz CT molecular complexity index is 951. The molecule has 1 heterocycles. The molecule has 1 fully saturated rings. The number of rotatable bonds is 4. The minimum absolute atomic E-state index is 0.181. The predicted octanol–water partition coefficient (Wildman–Crippen LogP) is 3.69. The van der Waals surface area contributed by atoms with Gasteiger partial charge in [-0.2, -0.15) is 13.2 Å². The van der Waals surface area contributed by atoms with Crippen molar-refractivity contribution in [3.63, 3.8) is 0 Å². The number of nitrogens with two attached hydrogens (primary N) is 1. The number of amides is 4. The Kier molecular flexibility index (Phi) is 6.47. The number of carbonyl (C=O) groups is 3. The molecule has 164 valence electrons. The summed E-state index contributed by atoms with van der Waals surface area (Å²) in [5.41, 5.74) is 5.47. The van der Waals surface area contributed by atoms with Crippen molar-refractivity contribution in [3.8, 4) is 0 Å². The van der Waals surface area contributed by atoms with Crippen LogP contribution in [0.15, 0.2) is 48.5 Å². The second kappa shape index (κ2) is 9.07. The highest BCUT2D eigenvalue weighted by molar-refractivity contribution is 5.95. The maximum Gasteiger partial charge on any atom is 0.416 e. The number of anilines is 2. The van der Waals surface area contributed by atoms with Crippen LogP contribution in [0.5, 0.6) is 0 Å². The lowest BCUT2D eigenvalue weighted by Gasteiger charge is -2.31. The Morgan fingerprint density at radius 3 is 1.87 bits per heavy atom. The lowest BCUT2D eigenvalue weighted by Crippen LogP contribution is -2.41. The molecule has 0 unspecified atom stereocenters. The van der Waals surface area contributed by atoms with Crippen LogP contribution in [-0.2, 0) is 11.0 Å². The Morgan fingerprint density at radius 2 is 1.39 bits per heavy atom. The van der Waals surface area contributed by atoms with E-state index in [0.29, 0.717) is 37.3 Å². The molecule has 0 aromatic heterocycles. The second-order valence-corrected chi connectivity index (χ2v) is 7.20. The molecule has 0 aliphatic carbocycles. The fourth-order valence-corrected chi connectivity index (χ4v) is 3.35. The lowest BCUT2D eigenvalue weighted by atomic mass is 9.95. The smallest absolute Gasteiger partial charge is 0.351 e. The molecule has 4 N–H and O–H groups in total. The van der Waals surface area contributed by atoms with E-state index in [9.17, 15) is 27.6 Å². The third kappa shape index (κ3) is 5.74. The number of halogens is 3. The molecule has 2 aromatic carbocycles. The number of urea groups is 1. The molecule has 10 heteroatoms. The predicted molar refractivity (Wildman–Crippen MR) is 108 cm³/mol. The zero-order chi connectivity index (χ0) is 22.6. The zero-order valence-corrected chi connectivity index (χ0v) is 16.4.